The van der Waals surface area contributed by atoms with Gasteiger partial charge < -0.3 is 20.0 Å². The molecule has 0 radical (unpaired) electrons. The van der Waals surface area contributed by atoms with Gasteiger partial charge in [-0.25, -0.2) is 8.42 Å². The summed E-state index contributed by atoms with van der Waals surface area (Å²) >= 11 is 0. The standard InChI is InChI=1S/C11H18N4O6S/c1-3-13-6-10(11(12-13)15(17)18)22(19,20)14-4-8(2)21-9(5-14)7-16/h6,8-9,16H,3-5,7H2,1-2H3. The zero-order chi connectivity index (χ0) is 16.5. The van der Waals surface area contributed by atoms with Crippen LogP contribution in [0.3, 0.4) is 0 Å². The van der Waals surface area contributed by atoms with E-state index in [1.165, 1.54) is 4.68 Å². The van der Waals surface area contributed by atoms with Gasteiger partial charge in [0.05, 0.1) is 36.7 Å². The van der Waals surface area contributed by atoms with Gasteiger partial charge in [0.2, 0.25) is 4.90 Å². The van der Waals surface area contributed by atoms with Crippen molar-refractivity contribution in [2.75, 3.05) is 19.7 Å². The molecular formula is C11H18N4O6S. The summed E-state index contributed by atoms with van der Waals surface area (Å²) in [7, 11) is -4.09. The summed E-state index contributed by atoms with van der Waals surface area (Å²) < 4.78 is 33.0. The molecule has 1 fully saturated rings. The van der Waals surface area contributed by atoms with Gasteiger partial charge in [-0.05, 0) is 18.8 Å². The zero-order valence-electron chi connectivity index (χ0n) is 12.2. The van der Waals surface area contributed by atoms with Crippen LogP contribution in [0.5, 0.6) is 0 Å². The fourth-order valence-corrected chi connectivity index (χ4v) is 3.95. The summed E-state index contributed by atoms with van der Waals surface area (Å²) in [5.74, 6) is -0.693. The van der Waals surface area contributed by atoms with Gasteiger partial charge in [-0.1, -0.05) is 0 Å². The number of aliphatic hydroxyl groups is 1. The molecule has 0 aromatic carbocycles. The topological polar surface area (TPSA) is 128 Å². The number of aliphatic hydroxyl groups excluding tert-OH is 1. The van der Waals surface area contributed by atoms with Crippen LogP contribution in [0, 0.1) is 10.1 Å². The third-order valence-electron chi connectivity index (χ3n) is 3.32. The van der Waals surface area contributed by atoms with Crippen molar-refractivity contribution in [2.24, 2.45) is 0 Å². The molecule has 1 aromatic heterocycles. The average Bonchev–Trinajstić information content (AvgIpc) is 2.91. The quantitative estimate of drug-likeness (QED) is 0.572. The minimum Gasteiger partial charge on any atom is -0.394 e. The second-order valence-electron chi connectivity index (χ2n) is 5.00. The van der Waals surface area contributed by atoms with Gasteiger partial charge in [0, 0.05) is 13.1 Å². The molecule has 1 saturated heterocycles. The number of hydrogen-bond donors (Lipinski definition) is 1. The highest BCUT2D eigenvalue weighted by molar-refractivity contribution is 7.89. The van der Waals surface area contributed by atoms with E-state index >= 15 is 0 Å². The molecule has 22 heavy (non-hydrogen) atoms. The highest BCUT2D eigenvalue weighted by Crippen LogP contribution is 2.27. The molecule has 2 rings (SSSR count). The molecule has 1 aliphatic rings. The van der Waals surface area contributed by atoms with Crippen molar-refractivity contribution in [3.8, 4) is 0 Å². The molecule has 1 aromatic rings. The molecule has 0 spiro atoms. The van der Waals surface area contributed by atoms with Crippen molar-refractivity contribution in [1.29, 1.82) is 0 Å². The summed E-state index contributed by atoms with van der Waals surface area (Å²) in [5, 5.41) is 23.9. The highest BCUT2D eigenvalue weighted by atomic mass is 32.2. The van der Waals surface area contributed by atoms with Gasteiger partial charge in [0.1, 0.15) is 0 Å². The molecule has 11 heteroatoms. The largest absolute Gasteiger partial charge is 0.410 e. The molecule has 0 saturated carbocycles. The predicted molar refractivity (Wildman–Crippen MR) is 74.7 cm³/mol. The Morgan fingerprint density at radius 1 is 1.55 bits per heavy atom. The molecule has 2 atom stereocenters. The summed E-state index contributed by atoms with van der Waals surface area (Å²) in [6.07, 6.45) is 0.0846. The minimum atomic E-state index is -4.09. The molecule has 1 aliphatic heterocycles. The fourth-order valence-electron chi connectivity index (χ4n) is 2.30. The third kappa shape index (κ3) is 3.11. The van der Waals surface area contributed by atoms with Crippen molar-refractivity contribution in [3.63, 3.8) is 0 Å². The lowest BCUT2D eigenvalue weighted by Gasteiger charge is -2.34. The number of sulfonamides is 1. The Hall–Kier alpha value is -1.56. The Bertz CT molecular complexity index is 658. The van der Waals surface area contributed by atoms with Crippen LogP contribution in [0.4, 0.5) is 5.82 Å². The molecule has 0 bridgehead atoms. The maximum Gasteiger partial charge on any atom is 0.410 e. The maximum atomic E-state index is 12.7. The Kier molecular flexibility index (Phi) is 4.80. The smallest absolute Gasteiger partial charge is 0.394 e. The van der Waals surface area contributed by atoms with Crippen molar-refractivity contribution in [2.45, 2.75) is 37.5 Å². The first-order chi connectivity index (χ1) is 10.3. The molecular weight excluding hydrogens is 316 g/mol. The van der Waals surface area contributed by atoms with Gasteiger partial charge in [0.15, 0.2) is 0 Å². The molecule has 124 valence electrons. The van der Waals surface area contributed by atoms with Crippen LogP contribution in [0.2, 0.25) is 0 Å². The van der Waals surface area contributed by atoms with Crippen molar-refractivity contribution in [1.82, 2.24) is 14.1 Å². The van der Waals surface area contributed by atoms with E-state index in [1.54, 1.807) is 13.8 Å². The third-order valence-corrected chi connectivity index (χ3v) is 5.14. The fraction of sp³-hybridized carbons (Fsp3) is 0.727. The number of morpholine rings is 1. The van der Waals surface area contributed by atoms with Crippen LogP contribution in [-0.2, 0) is 21.3 Å². The number of aryl methyl sites for hydroxylation is 1. The normalized spacial score (nSPS) is 23.6. The van der Waals surface area contributed by atoms with Gasteiger partial charge in [-0.15, -0.1) is 0 Å². The Balaban J connectivity index is 2.41. The Morgan fingerprint density at radius 2 is 2.23 bits per heavy atom. The summed E-state index contributed by atoms with van der Waals surface area (Å²) in [4.78, 5) is 9.79. The minimum absolute atomic E-state index is 0.0579. The number of rotatable bonds is 5. The SMILES string of the molecule is CCn1cc(S(=O)(=O)N2CC(C)OC(CO)C2)c([N+](=O)[O-])n1. The highest BCUT2D eigenvalue weighted by Gasteiger charge is 2.39. The summed E-state index contributed by atoms with van der Waals surface area (Å²) in [6.45, 7) is 3.37. The van der Waals surface area contributed by atoms with Crippen LogP contribution in [-0.4, -0.2) is 64.4 Å². The first kappa shape index (κ1) is 16.8. The molecule has 0 amide bonds. The zero-order valence-corrected chi connectivity index (χ0v) is 13.1. The molecule has 1 N–H and O–H groups in total. The van der Waals surface area contributed by atoms with E-state index in [9.17, 15) is 23.6 Å². The monoisotopic (exact) mass is 334 g/mol. The first-order valence-electron chi connectivity index (χ1n) is 6.77. The van der Waals surface area contributed by atoms with Crippen LogP contribution in [0.25, 0.3) is 0 Å². The number of nitro groups is 1. The number of nitrogens with zero attached hydrogens (tertiary/aromatic N) is 4. The first-order valence-corrected chi connectivity index (χ1v) is 8.21. The van der Waals surface area contributed by atoms with Crippen LogP contribution in [0.1, 0.15) is 13.8 Å². The summed E-state index contributed by atoms with van der Waals surface area (Å²) in [5.41, 5.74) is 0. The van der Waals surface area contributed by atoms with Crippen LogP contribution < -0.4 is 0 Å². The van der Waals surface area contributed by atoms with Crippen LogP contribution >= 0.6 is 0 Å². The van der Waals surface area contributed by atoms with Gasteiger partial charge in [-0.3, -0.25) is 0 Å². The van der Waals surface area contributed by atoms with E-state index in [0.717, 1.165) is 10.5 Å². The number of hydrogen-bond acceptors (Lipinski definition) is 7. The van der Waals surface area contributed by atoms with Crippen molar-refractivity contribution < 1.29 is 23.2 Å². The lowest BCUT2D eigenvalue weighted by Crippen LogP contribution is -2.50. The van der Waals surface area contributed by atoms with Crippen LogP contribution in [0.15, 0.2) is 11.1 Å². The molecule has 2 heterocycles. The van der Waals surface area contributed by atoms with Crippen molar-refractivity contribution >= 4 is 15.8 Å². The van der Waals surface area contributed by atoms with E-state index in [1.807, 2.05) is 0 Å². The lowest BCUT2D eigenvalue weighted by molar-refractivity contribution is -0.392. The predicted octanol–water partition coefficient (Wildman–Crippen LogP) is -0.419. The Morgan fingerprint density at radius 3 is 2.77 bits per heavy atom. The van der Waals surface area contributed by atoms with E-state index in [0.29, 0.717) is 6.54 Å². The molecule has 0 aliphatic carbocycles. The van der Waals surface area contributed by atoms with E-state index in [4.69, 9.17) is 4.74 Å². The second-order valence-corrected chi connectivity index (χ2v) is 6.91. The van der Waals surface area contributed by atoms with Gasteiger partial charge >= 0.3 is 5.82 Å². The van der Waals surface area contributed by atoms with Gasteiger partial charge in [0.25, 0.3) is 10.0 Å². The summed E-state index contributed by atoms with van der Waals surface area (Å²) in [6, 6.07) is 0. The van der Waals surface area contributed by atoms with Gasteiger partial charge in [-0.2, -0.15) is 8.99 Å². The van der Waals surface area contributed by atoms with Crippen molar-refractivity contribution in [3.05, 3.63) is 16.3 Å². The number of aromatic nitrogens is 2. The lowest BCUT2D eigenvalue weighted by atomic mass is 10.2. The van der Waals surface area contributed by atoms with E-state index < -0.39 is 37.9 Å². The van der Waals surface area contributed by atoms with E-state index in [2.05, 4.69) is 5.10 Å². The average molecular weight is 334 g/mol. The molecule has 2 unspecified atom stereocenters. The Labute approximate surface area is 127 Å². The number of ether oxygens (including phenoxy) is 1. The molecule has 10 nitrogen and oxygen atoms in total. The maximum absolute atomic E-state index is 12.7. The van der Waals surface area contributed by atoms with E-state index in [-0.39, 0.29) is 19.7 Å². The second kappa shape index (κ2) is 6.28.